The molecule has 3 heterocycles. The van der Waals surface area contributed by atoms with Crippen molar-refractivity contribution in [1.82, 2.24) is 14.6 Å². The zero-order valence-electron chi connectivity index (χ0n) is 22.4. The summed E-state index contributed by atoms with van der Waals surface area (Å²) in [6.45, 7) is 1.14. The van der Waals surface area contributed by atoms with E-state index in [1.165, 1.54) is 41.0 Å². The minimum absolute atomic E-state index is 0.0255. The summed E-state index contributed by atoms with van der Waals surface area (Å²) in [5.41, 5.74) is 1.23. The molecule has 2 aliphatic rings. The molecule has 1 aromatic carbocycles. The third-order valence-electron chi connectivity index (χ3n) is 6.72. The molecule has 2 aliphatic heterocycles. The molecule has 224 valence electrons. The fraction of sp³-hybridized carbons (Fsp3) is 0.500. The lowest BCUT2D eigenvalue weighted by atomic mass is 9.86. The smallest absolute Gasteiger partial charge is 0.338 e. The molecule has 0 radical (unpaired) electrons. The summed E-state index contributed by atoms with van der Waals surface area (Å²) in [6.07, 6.45) is 2.51. The number of rotatable bonds is 13. The third-order valence-corrected chi connectivity index (χ3v) is 9.66. The molecule has 11 nitrogen and oxygen atoms in total. The number of benzene rings is 1. The Morgan fingerprint density at radius 1 is 1.22 bits per heavy atom. The number of nitrogens with zero attached hydrogens (tertiary/aromatic N) is 3. The Balaban J connectivity index is 1.54. The lowest BCUT2D eigenvalue weighted by molar-refractivity contribution is -0.136. The number of aliphatic hydroxyl groups excluding tert-OH is 1. The molecule has 0 amide bonds. The van der Waals surface area contributed by atoms with Gasteiger partial charge in [-0.3, -0.25) is 4.99 Å². The first-order valence-electron chi connectivity index (χ1n) is 13.0. The van der Waals surface area contributed by atoms with Crippen LogP contribution in [0.5, 0.6) is 0 Å². The molecule has 1 aromatic heterocycles. The average molecular weight is 631 g/mol. The first-order chi connectivity index (χ1) is 19.7. The molecular weight excluding hydrogens is 599 g/mol. The van der Waals surface area contributed by atoms with Gasteiger partial charge >= 0.3 is 5.97 Å². The van der Waals surface area contributed by atoms with Gasteiger partial charge in [-0.15, -0.1) is 11.3 Å². The normalized spacial score (nSPS) is 18.7. The molecule has 0 bridgehead atoms. The molecule has 1 unspecified atom stereocenters. The van der Waals surface area contributed by atoms with Crippen LogP contribution in [0.4, 0.5) is 4.39 Å². The van der Waals surface area contributed by atoms with E-state index in [0.717, 1.165) is 0 Å². The van der Waals surface area contributed by atoms with Gasteiger partial charge in [0.2, 0.25) is 10.0 Å². The van der Waals surface area contributed by atoms with Crippen molar-refractivity contribution in [3.8, 4) is 0 Å². The van der Waals surface area contributed by atoms with Crippen LogP contribution in [-0.4, -0.2) is 93.6 Å². The van der Waals surface area contributed by atoms with Crippen molar-refractivity contribution < 1.29 is 36.9 Å². The molecular formula is C26H32ClFN4O7S2. The van der Waals surface area contributed by atoms with E-state index < -0.39 is 27.9 Å². The van der Waals surface area contributed by atoms with Gasteiger partial charge in [0, 0.05) is 46.9 Å². The number of hydrogen-bond acceptors (Lipinski definition) is 11. The maximum atomic E-state index is 13.9. The van der Waals surface area contributed by atoms with Crippen LogP contribution < -0.4 is 5.32 Å². The van der Waals surface area contributed by atoms with E-state index in [2.05, 4.69) is 10.3 Å². The SMILES string of the molecule is COC(=O)C1=C(C2CCN(S(=O)(=O)CCOCCOCCO)CC2)NC(c2nccs2)=NC1c1ccc(F)cc1Cl. The maximum absolute atomic E-state index is 13.9. The molecule has 1 atom stereocenters. The second-order valence-corrected chi connectivity index (χ2v) is 12.7. The molecule has 1 saturated heterocycles. The Morgan fingerprint density at radius 3 is 2.59 bits per heavy atom. The summed E-state index contributed by atoms with van der Waals surface area (Å²) >= 11 is 7.78. The number of ether oxygens (including phenoxy) is 3. The number of carbonyl (C=O) groups is 1. The number of allylic oxidation sites excluding steroid dienone is 1. The molecule has 1 fully saturated rings. The molecule has 2 N–H and O–H groups in total. The van der Waals surface area contributed by atoms with Crippen LogP contribution in [-0.2, 0) is 29.0 Å². The highest BCUT2D eigenvalue weighted by atomic mass is 35.5. The largest absolute Gasteiger partial charge is 0.466 e. The maximum Gasteiger partial charge on any atom is 0.338 e. The number of halogens is 2. The van der Waals surface area contributed by atoms with Crippen molar-refractivity contribution in [2.24, 2.45) is 10.9 Å². The van der Waals surface area contributed by atoms with Crippen LogP contribution in [0.1, 0.15) is 29.5 Å². The van der Waals surface area contributed by atoms with Crippen LogP contribution in [0.25, 0.3) is 0 Å². The topological polar surface area (TPSA) is 140 Å². The Bertz CT molecular complexity index is 1360. The van der Waals surface area contributed by atoms with E-state index in [0.29, 0.717) is 34.9 Å². The molecule has 15 heteroatoms. The van der Waals surface area contributed by atoms with Gasteiger partial charge in [-0.05, 0) is 25.0 Å². The van der Waals surface area contributed by atoms with Gasteiger partial charge in [-0.25, -0.2) is 26.9 Å². The van der Waals surface area contributed by atoms with Gasteiger partial charge < -0.3 is 24.6 Å². The average Bonchev–Trinajstić information content (AvgIpc) is 3.51. The van der Waals surface area contributed by atoms with Gasteiger partial charge in [0.15, 0.2) is 10.8 Å². The second-order valence-electron chi connectivity index (χ2n) is 9.26. The fourth-order valence-electron chi connectivity index (χ4n) is 4.72. The first-order valence-corrected chi connectivity index (χ1v) is 15.9. The van der Waals surface area contributed by atoms with Crippen molar-refractivity contribution >= 4 is 44.8 Å². The zero-order chi connectivity index (χ0) is 29.4. The summed E-state index contributed by atoms with van der Waals surface area (Å²) in [5.74, 6) is -1.09. The van der Waals surface area contributed by atoms with Gasteiger partial charge in [-0.1, -0.05) is 17.7 Å². The van der Waals surface area contributed by atoms with Crippen LogP contribution in [0.2, 0.25) is 5.02 Å². The van der Waals surface area contributed by atoms with E-state index in [-0.39, 0.29) is 68.4 Å². The number of aliphatic hydroxyl groups is 1. The van der Waals surface area contributed by atoms with Crippen molar-refractivity contribution in [2.45, 2.75) is 18.9 Å². The minimum atomic E-state index is -3.56. The Kier molecular flexibility index (Phi) is 11.2. The quantitative estimate of drug-likeness (QED) is 0.252. The number of aromatic nitrogens is 1. The van der Waals surface area contributed by atoms with Crippen molar-refractivity contribution in [3.63, 3.8) is 0 Å². The minimum Gasteiger partial charge on any atom is -0.466 e. The number of esters is 1. The fourth-order valence-corrected chi connectivity index (χ4v) is 6.93. The molecule has 0 spiro atoms. The number of methoxy groups -OCH3 is 1. The van der Waals surface area contributed by atoms with Gasteiger partial charge in [0.05, 0.1) is 51.5 Å². The highest BCUT2D eigenvalue weighted by Gasteiger charge is 2.38. The lowest BCUT2D eigenvalue weighted by Gasteiger charge is -2.36. The van der Waals surface area contributed by atoms with Gasteiger partial charge in [0.25, 0.3) is 0 Å². The Morgan fingerprint density at radius 2 is 1.95 bits per heavy atom. The molecule has 41 heavy (non-hydrogen) atoms. The van der Waals surface area contributed by atoms with Crippen molar-refractivity contribution in [1.29, 1.82) is 0 Å². The van der Waals surface area contributed by atoms with Crippen LogP contribution in [0.15, 0.2) is 46.0 Å². The van der Waals surface area contributed by atoms with Crippen LogP contribution >= 0.6 is 22.9 Å². The molecule has 4 rings (SSSR count). The standard InChI is InChI=1S/C26H32ClFN4O7S2/c1-37-26(34)21-22(17-4-7-32(8-5-17)41(35,36)15-13-39-12-11-38-10-9-33)30-24(25-29-6-14-40-25)31-23(21)19-3-2-18(28)16-20(19)27/h2-3,6,14,16-17,23,33H,4-5,7-13,15H2,1H3,(H,30,31). The summed E-state index contributed by atoms with van der Waals surface area (Å²) in [5, 5.41) is 14.5. The summed E-state index contributed by atoms with van der Waals surface area (Å²) in [6, 6.07) is 3.03. The summed E-state index contributed by atoms with van der Waals surface area (Å²) in [4.78, 5) is 22.3. The number of sulfonamides is 1. The number of thiazole rings is 1. The Labute approximate surface area is 247 Å². The summed E-state index contributed by atoms with van der Waals surface area (Å²) in [7, 11) is -2.29. The molecule has 0 saturated carbocycles. The van der Waals surface area contributed by atoms with Gasteiger partial charge in [-0.2, -0.15) is 0 Å². The predicted octanol–water partition coefficient (Wildman–Crippen LogP) is 2.52. The van der Waals surface area contributed by atoms with Crippen molar-refractivity contribution in [2.75, 3.05) is 59.0 Å². The number of piperidine rings is 1. The number of aliphatic imine (C=N–C) groups is 1. The first kappa shape index (κ1) is 31.5. The number of hydrogen-bond donors (Lipinski definition) is 2. The Hall–Kier alpha value is -2.46. The van der Waals surface area contributed by atoms with Crippen molar-refractivity contribution in [3.05, 3.63) is 62.5 Å². The monoisotopic (exact) mass is 630 g/mol. The van der Waals surface area contributed by atoms with E-state index >= 15 is 0 Å². The predicted molar refractivity (Wildman–Crippen MR) is 152 cm³/mol. The van der Waals surface area contributed by atoms with E-state index in [9.17, 15) is 17.6 Å². The highest BCUT2D eigenvalue weighted by molar-refractivity contribution is 7.89. The van der Waals surface area contributed by atoms with E-state index in [1.807, 2.05) is 0 Å². The zero-order valence-corrected chi connectivity index (χ0v) is 24.8. The molecule has 0 aliphatic carbocycles. The van der Waals surface area contributed by atoms with E-state index in [1.54, 1.807) is 11.6 Å². The van der Waals surface area contributed by atoms with E-state index in [4.69, 9.17) is 35.9 Å². The third kappa shape index (κ3) is 7.89. The van der Waals surface area contributed by atoms with Gasteiger partial charge in [0.1, 0.15) is 11.9 Å². The lowest BCUT2D eigenvalue weighted by Crippen LogP contribution is -2.44. The van der Waals surface area contributed by atoms with Crippen LogP contribution in [0, 0.1) is 11.7 Å². The van der Waals surface area contributed by atoms with Crippen LogP contribution in [0.3, 0.4) is 0 Å². The molecule has 2 aromatic rings. The second kappa shape index (κ2) is 14.6. The number of amidine groups is 1. The summed E-state index contributed by atoms with van der Waals surface area (Å²) < 4.78 is 56.8. The highest BCUT2D eigenvalue weighted by Crippen LogP contribution is 2.40. The number of nitrogens with one attached hydrogen (secondary N) is 1. The number of carbonyl (C=O) groups excluding carboxylic acids is 1.